The van der Waals surface area contributed by atoms with Crippen LogP contribution in [0.5, 0.6) is 0 Å². The van der Waals surface area contributed by atoms with E-state index in [4.69, 9.17) is 9.84 Å². The van der Waals surface area contributed by atoms with Crippen molar-refractivity contribution in [1.82, 2.24) is 9.78 Å². The van der Waals surface area contributed by atoms with E-state index in [9.17, 15) is 4.79 Å². The Morgan fingerprint density at radius 2 is 1.97 bits per heavy atom. The molecule has 3 atom stereocenters. The second-order valence-corrected chi connectivity index (χ2v) is 10.6. The third-order valence-electron chi connectivity index (χ3n) is 6.99. The van der Waals surface area contributed by atoms with Crippen molar-refractivity contribution in [2.75, 3.05) is 0 Å². The molecule has 0 bridgehead atoms. The Bertz CT molecular complexity index is 913. The molecule has 4 rings (SSSR count). The van der Waals surface area contributed by atoms with Crippen molar-refractivity contribution in [2.45, 2.75) is 84.9 Å². The molecule has 0 amide bonds. The highest BCUT2D eigenvalue weighted by atomic mass is 79.9. The highest BCUT2D eigenvalue weighted by molar-refractivity contribution is 9.10. The van der Waals surface area contributed by atoms with E-state index in [2.05, 4.69) is 53.4 Å². The maximum absolute atomic E-state index is 13.0. The molecule has 1 saturated carbocycles. The summed E-state index contributed by atoms with van der Waals surface area (Å²) in [5.74, 6) is 3.55. The first-order chi connectivity index (χ1) is 14.9. The Balaban J connectivity index is 0.00000289. The summed E-state index contributed by atoms with van der Waals surface area (Å²) in [6.07, 6.45) is 7.83. The summed E-state index contributed by atoms with van der Waals surface area (Å²) in [7, 11) is 0. The molecule has 3 unspecified atom stereocenters. The Labute approximate surface area is 206 Å². The number of rotatable bonds is 5. The van der Waals surface area contributed by atoms with E-state index in [1.54, 1.807) is 0 Å². The fraction of sp³-hybridized carbons (Fsp3) is 0.640. The maximum Gasteiger partial charge on any atom is 0.344 e. The van der Waals surface area contributed by atoms with Crippen LogP contribution in [0, 0.1) is 17.8 Å². The third kappa shape index (κ3) is 5.74. The standard InChI is InChI=1S/C25H35BrN3O2.ClH/c1-17(2)21-13-8-18(3)15-22(21)31-24(30)16-29-23-7-5-4-6-14-28(23)25(27-29)19-9-11-20(26)12-10-19;/h9-12,17-18,21-22H,4-8,13-16H2,1-3H3;1H/q+1;/p-1. The Hall–Kier alpha value is -1.40. The van der Waals surface area contributed by atoms with Crippen molar-refractivity contribution in [3.63, 3.8) is 0 Å². The van der Waals surface area contributed by atoms with E-state index < -0.39 is 0 Å². The lowest BCUT2D eigenvalue weighted by Gasteiger charge is -2.36. The van der Waals surface area contributed by atoms with Crippen LogP contribution in [0.15, 0.2) is 28.7 Å². The molecule has 0 spiro atoms. The van der Waals surface area contributed by atoms with Crippen molar-refractivity contribution in [2.24, 2.45) is 17.8 Å². The lowest BCUT2D eigenvalue weighted by atomic mass is 9.75. The molecule has 32 heavy (non-hydrogen) atoms. The van der Waals surface area contributed by atoms with Crippen molar-refractivity contribution in [3.8, 4) is 11.4 Å². The lowest BCUT2D eigenvalue weighted by molar-refractivity contribution is -0.693. The monoisotopic (exact) mass is 523 g/mol. The third-order valence-corrected chi connectivity index (χ3v) is 7.52. The minimum Gasteiger partial charge on any atom is -1.00 e. The second kappa shape index (κ2) is 11.1. The summed E-state index contributed by atoms with van der Waals surface area (Å²) < 4.78 is 11.3. The zero-order chi connectivity index (χ0) is 22.0. The van der Waals surface area contributed by atoms with Crippen LogP contribution in [0.2, 0.25) is 0 Å². The van der Waals surface area contributed by atoms with Gasteiger partial charge in [-0.25, -0.2) is 9.36 Å². The van der Waals surface area contributed by atoms with Crippen LogP contribution in [-0.2, 0) is 29.0 Å². The smallest absolute Gasteiger partial charge is 0.344 e. The van der Waals surface area contributed by atoms with Crippen LogP contribution in [0.25, 0.3) is 11.4 Å². The minimum absolute atomic E-state index is 0. The number of benzene rings is 1. The SMILES string of the molecule is CC1CCC(C(C)C)C(OC(=O)Cn2nc(-c3ccc(Br)cc3)[n+]3c2CCCCC3)C1.[Cl-]. The van der Waals surface area contributed by atoms with Gasteiger partial charge >= 0.3 is 11.8 Å². The van der Waals surface area contributed by atoms with Crippen LogP contribution in [-0.4, -0.2) is 21.9 Å². The van der Waals surface area contributed by atoms with Crippen molar-refractivity contribution >= 4 is 21.9 Å². The number of aromatic nitrogens is 3. The van der Waals surface area contributed by atoms with Gasteiger partial charge in [0.05, 0.1) is 12.1 Å². The van der Waals surface area contributed by atoms with Gasteiger partial charge in [-0.3, -0.25) is 0 Å². The molecule has 2 heterocycles. The van der Waals surface area contributed by atoms with Crippen LogP contribution in [0.1, 0.15) is 65.1 Å². The normalized spacial score (nSPS) is 23.2. The Kier molecular flexibility index (Phi) is 8.79. The van der Waals surface area contributed by atoms with E-state index in [1.807, 2.05) is 16.8 Å². The number of fused-ring (bicyclic) bond motifs is 1. The van der Waals surface area contributed by atoms with Crippen molar-refractivity contribution in [1.29, 1.82) is 0 Å². The van der Waals surface area contributed by atoms with Gasteiger partial charge in [-0.15, -0.1) is 4.68 Å². The van der Waals surface area contributed by atoms with Gasteiger partial charge in [0.1, 0.15) is 6.10 Å². The summed E-state index contributed by atoms with van der Waals surface area (Å²) >= 11 is 3.52. The molecule has 0 radical (unpaired) electrons. The van der Waals surface area contributed by atoms with Gasteiger partial charge in [0.15, 0.2) is 0 Å². The Morgan fingerprint density at radius 3 is 2.69 bits per heavy atom. The van der Waals surface area contributed by atoms with Crippen molar-refractivity contribution in [3.05, 3.63) is 34.6 Å². The molecule has 5 nitrogen and oxygen atoms in total. The fourth-order valence-corrected chi connectivity index (χ4v) is 5.50. The topological polar surface area (TPSA) is 48.0 Å². The lowest BCUT2D eigenvalue weighted by Crippen LogP contribution is -3.00. The zero-order valence-corrected chi connectivity index (χ0v) is 21.7. The molecule has 0 N–H and O–H groups in total. The average molecular weight is 525 g/mol. The summed E-state index contributed by atoms with van der Waals surface area (Å²) in [5, 5.41) is 4.90. The van der Waals surface area contributed by atoms with E-state index in [-0.39, 0.29) is 31.0 Å². The highest BCUT2D eigenvalue weighted by Crippen LogP contribution is 2.35. The first-order valence-corrected chi connectivity index (χ1v) is 12.7. The molecular weight excluding hydrogens is 490 g/mol. The molecule has 1 aliphatic heterocycles. The van der Waals surface area contributed by atoms with Gasteiger partial charge < -0.3 is 17.1 Å². The first kappa shape index (κ1) is 25.2. The van der Waals surface area contributed by atoms with E-state index in [0.29, 0.717) is 17.8 Å². The van der Waals surface area contributed by atoms with Crippen LogP contribution >= 0.6 is 15.9 Å². The summed E-state index contributed by atoms with van der Waals surface area (Å²) in [4.78, 5) is 13.0. The van der Waals surface area contributed by atoms with Crippen LogP contribution in [0.4, 0.5) is 0 Å². The number of ether oxygens (including phenoxy) is 1. The minimum atomic E-state index is -0.151. The molecule has 1 aliphatic carbocycles. The van der Waals surface area contributed by atoms with Gasteiger partial charge in [0.2, 0.25) is 12.4 Å². The highest BCUT2D eigenvalue weighted by Gasteiger charge is 2.35. The van der Waals surface area contributed by atoms with Gasteiger partial charge in [-0.05, 0) is 74.1 Å². The number of halogens is 2. The molecule has 1 aromatic heterocycles. The number of esters is 1. The quantitative estimate of drug-likeness (QED) is 0.446. The van der Waals surface area contributed by atoms with Gasteiger partial charge in [0.25, 0.3) is 0 Å². The number of nitrogens with zero attached hydrogens (tertiary/aromatic N) is 3. The fourth-order valence-electron chi connectivity index (χ4n) is 5.23. The van der Waals surface area contributed by atoms with Crippen LogP contribution in [0.3, 0.4) is 0 Å². The second-order valence-electron chi connectivity index (χ2n) is 9.72. The first-order valence-electron chi connectivity index (χ1n) is 11.9. The van der Waals surface area contributed by atoms with Gasteiger partial charge in [-0.2, -0.15) is 0 Å². The summed E-state index contributed by atoms with van der Waals surface area (Å²) in [5.41, 5.74) is 1.08. The largest absolute Gasteiger partial charge is 1.00 e. The van der Waals surface area contributed by atoms with E-state index >= 15 is 0 Å². The molecular formula is C25H35BrClN3O2. The van der Waals surface area contributed by atoms with Crippen molar-refractivity contribution < 1.29 is 26.5 Å². The molecule has 176 valence electrons. The van der Waals surface area contributed by atoms with E-state index in [0.717, 1.165) is 60.3 Å². The predicted molar refractivity (Wildman–Crippen MR) is 124 cm³/mol. The summed E-state index contributed by atoms with van der Waals surface area (Å²) in [6, 6.07) is 8.26. The average Bonchev–Trinajstić information content (AvgIpc) is 2.89. The van der Waals surface area contributed by atoms with Crippen LogP contribution < -0.4 is 17.0 Å². The molecule has 2 aromatic rings. The predicted octanol–water partition coefficient (Wildman–Crippen LogP) is 2.33. The summed E-state index contributed by atoms with van der Waals surface area (Å²) in [6.45, 7) is 7.91. The van der Waals surface area contributed by atoms with Gasteiger partial charge in [-0.1, -0.05) is 43.1 Å². The Morgan fingerprint density at radius 1 is 1.22 bits per heavy atom. The molecule has 1 aromatic carbocycles. The molecule has 7 heteroatoms. The molecule has 1 fully saturated rings. The molecule has 0 saturated heterocycles. The number of carbonyl (C=O) groups is 1. The number of hydrogen-bond acceptors (Lipinski definition) is 3. The number of hydrogen-bond donors (Lipinski definition) is 0. The maximum atomic E-state index is 13.0. The van der Waals surface area contributed by atoms with Gasteiger partial charge in [0, 0.05) is 16.0 Å². The zero-order valence-electron chi connectivity index (χ0n) is 19.4. The van der Waals surface area contributed by atoms with E-state index in [1.165, 1.54) is 12.8 Å². The molecule has 2 aliphatic rings. The number of carbonyl (C=O) groups excluding carboxylic acids is 1.